The maximum Gasteiger partial charge on any atom is 0.330 e. The molecule has 0 aliphatic rings. The summed E-state index contributed by atoms with van der Waals surface area (Å²) in [5.41, 5.74) is -2.04. The van der Waals surface area contributed by atoms with Crippen LogP contribution in [0.5, 0.6) is 0 Å². The van der Waals surface area contributed by atoms with Gasteiger partial charge in [0.2, 0.25) is 0 Å². The summed E-state index contributed by atoms with van der Waals surface area (Å²) in [5.74, 6) is 0. The lowest BCUT2D eigenvalue weighted by Gasteiger charge is -2.38. The molecule has 0 saturated carbocycles. The Bertz CT molecular complexity index is 541. The minimum absolute atomic E-state index is 0.536. The van der Waals surface area contributed by atoms with Gasteiger partial charge in [0.25, 0.3) is 0 Å². The molecule has 7 heteroatoms. The fourth-order valence-corrected chi connectivity index (χ4v) is 1.74. The highest BCUT2D eigenvalue weighted by molar-refractivity contribution is 6.52. The molecule has 2 N–H and O–H groups in total. The van der Waals surface area contributed by atoms with Crippen LogP contribution < -0.4 is 10.9 Å². The Balaban J connectivity index is 2.84. The van der Waals surface area contributed by atoms with E-state index in [4.69, 9.17) is 20.9 Å². The van der Waals surface area contributed by atoms with E-state index < -0.39 is 22.4 Å². The van der Waals surface area contributed by atoms with E-state index in [0.29, 0.717) is 5.02 Å². The third kappa shape index (κ3) is 6.30. The summed E-state index contributed by atoms with van der Waals surface area (Å²) in [6.45, 7) is 14.1. The third-order valence-corrected chi connectivity index (χ3v) is 5.09. The van der Waals surface area contributed by atoms with Crippen molar-refractivity contribution in [2.75, 3.05) is 0 Å². The van der Waals surface area contributed by atoms with E-state index in [2.05, 4.69) is 0 Å². The van der Waals surface area contributed by atoms with Crippen molar-refractivity contribution in [1.82, 2.24) is 0 Å². The molecule has 138 valence electrons. The zero-order valence-corrected chi connectivity index (χ0v) is 17.2. The Morgan fingerprint density at radius 1 is 0.720 bits per heavy atom. The summed E-state index contributed by atoms with van der Waals surface area (Å²) in [4.78, 5) is 0. The van der Waals surface area contributed by atoms with Gasteiger partial charge in [-0.3, -0.25) is 0 Å². The third-order valence-electron chi connectivity index (χ3n) is 4.87. The van der Waals surface area contributed by atoms with Gasteiger partial charge in [-0.2, -0.15) is 0 Å². The minimum atomic E-state index is -1.00. The van der Waals surface area contributed by atoms with Crippen LogP contribution >= 0.6 is 11.6 Å². The molecule has 0 fully saturated rings. The summed E-state index contributed by atoms with van der Waals surface area (Å²) in [6, 6.07) is 5.38. The lowest BCUT2D eigenvalue weighted by Crippen LogP contribution is -2.50. The molecule has 4 nitrogen and oxygen atoms in total. The first-order chi connectivity index (χ1) is 11.1. The van der Waals surface area contributed by atoms with Gasteiger partial charge in [0, 0.05) is 5.02 Å². The molecule has 0 aromatic heterocycles. The Hall–Kier alpha value is -0.520. The molecular weight excluding hydrogens is 337 g/mol. The predicted molar refractivity (Wildman–Crippen MR) is 105 cm³/mol. The number of aliphatic hydroxyl groups is 2. The van der Waals surface area contributed by atoms with Crippen LogP contribution in [0.3, 0.4) is 0 Å². The molecule has 1 rings (SSSR count). The summed E-state index contributed by atoms with van der Waals surface area (Å²) in [5, 5.41) is 20.9. The molecule has 0 bridgehead atoms. The van der Waals surface area contributed by atoms with E-state index in [1.165, 1.54) is 0 Å². The van der Waals surface area contributed by atoms with Crippen LogP contribution in [-0.2, 0) is 9.31 Å². The maximum atomic E-state index is 10.2. The van der Waals surface area contributed by atoms with Gasteiger partial charge in [-0.05, 0) is 67.5 Å². The Morgan fingerprint density at radius 2 is 1.04 bits per heavy atom. The van der Waals surface area contributed by atoms with Crippen LogP contribution in [0.15, 0.2) is 18.2 Å². The van der Waals surface area contributed by atoms with Gasteiger partial charge in [0.1, 0.15) is 0 Å². The highest BCUT2D eigenvalue weighted by Gasteiger charge is 2.36. The Morgan fingerprint density at radius 3 is 1.32 bits per heavy atom. The van der Waals surface area contributed by atoms with Crippen LogP contribution in [0.4, 0.5) is 0 Å². The molecule has 0 amide bonds. The summed E-state index contributed by atoms with van der Waals surface area (Å²) >= 11 is 6.18. The van der Waals surface area contributed by atoms with Crippen molar-refractivity contribution in [1.29, 1.82) is 0 Å². The number of hydrogen-bond donors (Lipinski definition) is 2. The molecule has 0 aliphatic carbocycles. The van der Waals surface area contributed by atoms with Crippen molar-refractivity contribution in [2.24, 2.45) is 0 Å². The van der Waals surface area contributed by atoms with Crippen molar-refractivity contribution in [3.8, 4) is 0 Å². The zero-order chi connectivity index (χ0) is 19.7. The predicted octanol–water partition coefficient (Wildman–Crippen LogP) is 1.96. The number of benzene rings is 1. The van der Waals surface area contributed by atoms with E-state index in [-0.39, 0.29) is 0 Å². The van der Waals surface area contributed by atoms with E-state index in [9.17, 15) is 10.2 Å². The lowest BCUT2D eigenvalue weighted by atomic mass is 9.77. The molecule has 0 heterocycles. The average molecular weight is 367 g/mol. The quantitative estimate of drug-likeness (QED) is 0.691. The SMILES string of the molecule is CC(C)(O)C(C)(C)O[B]c1cc(Cl)cc([B]OC(C)(C)C(C)(C)O)c1. The van der Waals surface area contributed by atoms with Gasteiger partial charge in [-0.1, -0.05) is 28.6 Å². The van der Waals surface area contributed by atoms with E-state index >= 15 is 0 Å². The number of rotatable bonds is 8. The van der Waals surface area contributed by atoms with Gasteiger partial charge in [-0.15, -0.1) is 0 Å². The molecular formula is C18H29B2ClO4. The van der Waals surface area contributed by atoms with Crippen molar-refractivity contribution >= 4 is 37.5 Å². The smallest absolute Gasteiger partial charge is 0.330 e. The standard InChI is InChI=1S/C18H29B2ClO4/c1-15(2,22)17(5,6)24-19-12-9-13(11-14(21)10-12)20-25-18(7,8)16(3,4)23/h9-11,22-23H,1-8H3. The lowest BCUT2D eigenvalue weighted by molar-refractivity contribution is -0.0894. The van der Waals surface area contributed by atoms with Crippen LogP contribution in [0.1, 0.15) is 55.4 Å². The fraction of sp³-hybridized carbons (Fsp3) is 0.667. The zero-order valence-electron chi connectivity index (χ0n) is 16.5. The Labute approximate surface area is 158 Å². The summed E-state index contributed by atoms with van der Waals surface area (Å²) < 4.78 is 11.5. The second-order valence-corrected chi connectivity index (χ2v) is 8.86. The fourth-order valence-electron chi connectivity index (χ4n) is 1.49. The summed E-state index contributed by atoms with van der Waals surface area (Å²) in [7, 11) is 3.14. The average Bonchev–Trinajstić information content (AvgIpc) is 2.40. The molecule has 0 saturated heterocycles. The Kier molecular flexibility index (Phi) is 6.86. The first kappa shape index (κ1) is 22.5. The molecule has 0 aliphatic heterocycles. The molecule has 25 heavy (non-hydrogen) atoms. The molecule has 0 spiro atoms. The van der Waals surface area contributed by atoms with Crippen molar-refractivity contribution in [3.63, 3.8) is 0 Å². The van der Waals surface area contributed by atoms with E-state index in [1.54, 1.807) is 54.8 Å². The highest BCUT2D eigenvalue weighted by Crippen LogP contribution is 2.25. The second kappa shape index (κ2) is 7.61. The molecule has 1 aromatic rings. The summed E-state index contributed by atoms with van der Waals surface area (Å²) in [6.07, 6.45) is 0. The topological polar surface area (TPSA) is 58.9 Å². The van der Waals surface area contributed by atoms with Crippen molar-refractivity contribution in [2.45, 2.75) is 77.8 Å². The minimum Gasteiger partial charge on any atom is -0.427 e. The van der Waals surface area contributed by atoms with Gasteiger partial charge in [-0.25, -0.2) is 0 Å². The molecule has 0 atom stereocenters. The number of hydrogen-bond acceptors (Lipinski definition) is 4. The van der Waals surface area contributed by atoms with Crippen molar-refractivity contribution < 1.29 is 19.5 Å². The first-order valence-corrected chi connectivity index (χ1v) is 8.70. The van der Waals surface area contributed by atoms with Gasteiger partial charge in [0.15, 0.2) is 0 Å². The van der Waals surface area contributed by atoms with E-state index in [1.807, 2.05) is 33.8 Å². The van der Waals surface area contributed by atoms with Gasteiger partial charge < -0.3 is 19.5 Å². The van der Waals surface area contributed by atoms with Gasteiger partial charge >= 0.3 is 15.0 Å². The largest absolute Gasteiger partial charge is 0.427 e. The van der Waals surface area contributed by atoms with Crippen LogP contribution in [-0.4, -0.2) is 47.6 Å². The maximum absolute atomic E-state index is 10.2. The second-order valence-electron chi connectivity index (χ2n) is 8.43. The van der Waals surface area contributed by atoms with E-state index in [0.717, 1.165) is 10.9 Å². The van der Waals surface area contributed by atoms with Crippen LogP contribution in [0.25, 0.3) is 0 Å². The monoisotopic (exact) mass is 366 g/mol. The molecule has 2 radical (unpaired) electrons. The number of halogens is 1. The molecule has 1 aromatic carbocycles. The molecule has 0 unspecified atom stereocenters. The van der Waals surface area contributed by atoms with Crippen LogP contribution in [0.2, 0.25) is 5.02 Å². The van der Waals surface area contributed by atoms with Gasteiger partial charge in [0.05, 0.1) is 22.4 Å². The van der Waals surface area contributed by atoms with Crippen molar-refractivity contribution in [3.05, 3.63) is 23.2 Å². The first-order valence-electron chi connectivity index (χ1n) is 8.33. The normalized spacial score (nSPS) is 13.7. The van der Waals surface area contributed by atoms with Crippen LogP contribution in [0, 0.1) is 0 Å². The highest BCUT2D eigenvalue weighted by atomic mass is 35.5.